The van der Waals surface area contributed by atoms with Gasteiger partial charge in [0.1, 0.15) is 18.5 Å². The maximum absolute atomic E-state index is 12.8. The lowest BCUT2D eigenvalue weighted by atomic mass is 9.94. The summed E-state index contributed by atoms with van der Waals surface area (Å²) in [7, 11) is -4.62. The average Bonchev–Trinajstić information content (AvgIpc) is 2.96. The second-order valence-electron chi connectivity index (χ2n) is 11.8. The first-order chi connectivity index (χ1) is 13.7. The SMILES string of the molecule is CC(=O)C(O)[C@@H](O[Si](C)(C)C(C)(C)C)[C@H]1C[C@@H]([C@@H](C=O)O[Si](C)(C)C(C)(C)C)C(=O)N1. The molecule has 1 unspecified atom stereocenters. The summed E-state index contributed by atoms with van der Waals surface area (Å²) < 4.78 is 12.7. The Morgan fingerprint density at radius 1 is 1.06 bits per heavy atom. The Bertz CT molecular complexity index is 680. The summed E-state index contributed by atoms with van der Waals surface area (Å²) in [5.74, 6) is -1.40. The standard InChI is InChI=1S/C22H43NO6Si2/c1-14(25)18(26)19(29-31(10,11)22(5,6)7)16-12-15(20(27)23-16)17(13-24)28-30(8,9)21(2,3)4/h13,15-19,26H,12H2,1-11H3,(H,23,27)/t15-,16+,17+,18?,19-/m0/s1. The second-order valence-corrected chi connectivity index (χ2v) is 21.3. The van der Waals surface area contributed by atoms with E-state index in [1.807, 2.05) is 26.2 Å². The van der Waals surface area contributed by atoms with Gasteiger partial charge >= 0.3 is 0 Å². The molecule has 1 rings (SSSR count). The Hall–Kier alpha value is -0.876. The smallest absolute Gasteiger partial charge is 0.226 e. The molecule has 5 atom stereocenters. The molecule has 9 heteroatoms. The van der Waals surface area contributed by atoms with Crippen molar-refractivity contribution in [2.75, 3.05) is 0 Å². The summed E-state index contributed by atoms with van der Waals surface area (Å²) in [5, 5.41) is 13.3. The molecule has 31 heavy (non-hydrogen) atoms. The molecule has 0 bridgehead atoms. The molecular weight excluding hydrogens is 430 g/mol. The lowest BCUT2D eigenvalue weighted by Gasteiger charge is -2.42. The van der Waals surface area contributed by atoms with Gasteiger partial charge in [-0.25, -0.2) is 0 Å². The summed E-state index contributed by atoms with van der Waals surface area (Å²) in [4.78, 5) is 36.8. The predicted octanol–water partition coefficient (Wildman–Crippen LogP) is 3.42. The lowest BCUT2D eigenvalue weighted by molar-refractivity contribution is -0.132. The monoisotopic (exact) mass is 473 g/mol. The summed E-state index contributed by atoms with van der Waals surface area (Å²) in [5.41, 5.74) is 0. The molecule has 0 saturated carbocycles. The van der Waals surface area contributed by atoms with Crippen LogP contribution in [-0.4, -0.2) is 64.1 Å². The van der Waals surface area contributed by atoms with Crippen molar-refractivity contribution in [3.8, 4) is 0 Å². The highest BCUT2D eigenvalue weighted by Gasteiger charge is 2.50. The van der Waals surface area contributed by atoms with Crippen LogP contribution in [0.4, 0.5) is 0 Å². The third-order valence-corrected chi connectivity index (χ3v) is 16.2. The second kappa shape index (κ2) is 9.55. The van der Waals surface area contributed by atoms with Crippen molar-refractivity contribution in [2.24, 2.45) is 5.92 Å². The van der Waals surface area contributed by atoms with Crippen LogP contribution in [0.15, 0.2) is 0 Å². The van der Waals surface area contributed by atoms with Crippen molar-refractivity contribution in [3.63, 3.8) is 0 Å². The van der Waals surface area contributed by atoms with Gasteiger partial charge in [-0.15, -0.1) is 0 Å². The lowest BCUT2D eigenvalue weighted by Crippen LogP contribution is -2.55. The number of hydrogen-bond acceptors (Lipinski definition) is 6. The van der Waals surface area contributed by atoms with Crippen molar-refractivity contribution in [2.45, 2.75) is 116 Å². The predicted molar refractivity (Wildman–Crippen MR) is 127 cm³/mol. The number of hydrogen-bond donors (Lipinski definition) is 2. The van der Waals surface area contributed by atoms with Crippen molar-refractivity contribution in [3.05, 3.63) is 0 Å². The molecule has 1 aliphatic rings. The molecule has 0 spiro atoms. The molecule has 1 amide bonds. The van der Waals surface area contributed by atoms with Crippen LogP contribution in [0.5, 0.6) is 0 Å². The number of amides is 1. The highest BCUT2D eigenvalue weighted by atomic mass is 28.4. The van der Waals surface area contributed by atoms with Crippen LogP contribution in [0.25, 0.3) is 0 Å². The van der Waals surface area contributed by atoms with E-state index < -0.39 is 52.7 Å². The molecular formula is C22H43NO6Si2. The molecule has 1 aliphatic heterocycles. The van der Waals surface area contributed by atoms with Gasteiger partial charge in [0.25, 0.3) is 0 Å². The molecule has 1 saturated heterocycles. The number of ketones is 1. The third-order valence-electron chi connectivity index (χ3n) is 7.30. The number of aliphatic hydroxyl groups excluding tert-OH is 1. The van der Waals surface area contributed by atoms with Gasteiger partial charge in [0.15, 0.2) is 22.4 Å². The zero-order valence-corrected chi connectivity index (χ0v) is 23.2. The van der Waals surface area contributed by atoms with Crippen LogP contribution in [0.3, 0.4) is 0 Å². The Labute approximate surface area is 189 Å². The molecule has 0 aromatic rings. The van der Waals surface area contributed by atoms with Gasteiger partial charge in [0.05, 0.1) is 18.1 Å². The fourth-order valence-corrected chi connectivity index (χ4v) is 5.65. The van der Waals surface area contributed by atoms with Crippen LogP contribution < -0.4 is 5.32 Å². The van der Waals surface area contributed by atoms with Crippen molar-refractivity contribution >= 4 is 34.6 Å². The summed E-state index contributed by atoms with van der Waals surface area (Å²) >= 11 is 0. The Morgan fingerprint density at radius 3 is 1.90 bits per heavy atom. The Morgan fingerprint density at radius 2 is 1.52 bits per heavy atom. The topological polar surface area (TPSA) is 102 Å². The normalized spacial score (nSPS) is 23.8. The number of nitrogens with one attached hydrogen (secondary N) is 1. The van der Waals surface area contributed by atoms with E-state index in [1.165, 1.54) is 6.92 Å². The van der Waals surface area contributed by atoms with E-state index in [2.05, 4.69) is 46.9 Å². The Balaban J connectivity index is 3.17. The van der Waals surface area contributed by atoms with E-state index in [0.717, 1.165) is 0 Å². The number of carbonyl (C=O) groups is 3. The van der Waals surface area contributed by atoms with Crippen LogP contribution in [0, 0.1) is 5.92 Å². The quantitative estimate of drug-likeness (QED) is 0.393. The molecule has 0 aliphatic carbocycles. The van der Waals surface area contributed by atoms with E-state index in [1.54, 1.807) is 0 Å². The van der Waals surface area contributed by atoms with Gasteiger partial charge in [-0.1, -0.05) is 41.5 Å². The fraction of sp³-hybridized carbons (Fsp3) is 0.864. The van der Waals surface area contributed by atoms with Gasteiger partial charge < -0.3 is 24.1 Å². The highest BCUT2D eigenvalue weighted by molar-refractivity contribution is 6.74. The minimum Gasteiger partial charge on any atom is -0.409 e. The van der Waals surface area contributed by atoms with E-state index in [9.17, 15) is 19.5 Å². The zero-order valence-electron chi connectivity index (χ0n) is 21.2. The molecule has 0 aromatic carbocycles. The minimum atomic E-state index is -2.34. The van der Waals surface area contributed by atoms with E-state index in [4.69, 9.17) is 8.85 Å². The van der Waals surface area contributed by atoms with Crippen molar-refractivity contribution < 1.29 is 28.3 Å². The minimum absolute atomic E-state index is 0.110. The van der Waals surface area contributed by atoms with Gasteiger partial charge in [-0.2, -0.15) is 0 Å². The van der Waals surface area contributed by atoms with E-state index >= 15 is 0 Å². The number of aldehydes is 1. The molecule has 7 nitrogen and oxygen atoms in total. The largest absolute Gasteiger partial charge is 0.409 e. The van der Waals surface area contributed by atoms with Crippen molar-refractivity contribution in [1.82, 2.24) is 5.32 Å². The van der Waals surface area contributed by atoms with Gasteiger partial charge in [0, 0.05) is 0 Å². The Kier molecular flexibility index (Phi) is 8.67. The number of rotatable bonds is 9. The molecule has 1 heterocycles. The third kappa shape index (κ3) is 6.57. The number of carbonyl (C=O) groups excluding carboxylic acids is 3. The first kappa shape index (κ1) is 28.2. The molecule has 1 fully saturated rings. The zero-order chi connectivity index (χ0) is 24.6. The summed E-state index contributed by atoms with van der Waals surface area (Å²) in [6.07, 6.45) is -2.12. The van der Waals surface area contributed by atoms with E-state index in [-0.39, 0.29) is 22.4 Å². The summed E-state index contributed by atoms with van der Waals surface area (Å²) in [6, 6.07) is -0.573. The first-order valence-electron chi connectivity index (χ1n) is 11.0. The highest BCUT2D eigenvalue weighted by Crippen LogP contribution is 2.41. The van der Waals surface area contributed by atoms with Gasteiger partial charge in [-0.3, -0.25) is 9.59 Å². The van der Waals surface area contributed by atoms with Crippen LogP contribution >= 0.6 is 0 Å². The van der Waals surface area contributed by atoms with Crippen LogP contribution in [0.1, 0.15) is 54.9 Å². The van der Waals surface area contributed by atoms with Gasteiger partial charge in [0.2, 0.25) is 5.91 Å². The fourth-order valence-electron chi connectivity index (χ4n) is 3.07. The molecule has 2 N–H and O–H groups in total. The maximum Gasteiger partial charge on any atom is 0.226 e. The van der Waals surface area contributed by atoms with Gasteiger partial charge in [-0.05, 0) is 49.6 Å². The molecule has 0 radical (unpaired) electrons. The van der Waals surface area contributed by atoms with Crippen molar-refractivity contribution in [1.29, 1.82) is 0 Å². The molecule has 180 valence electrons. The summed E-state index contributed by atoms with van der Waals surface area (Å²) in [6.45, 7) is 21.9. The number of aliphatic hydroxyl groups is 1. The van der Waals surface area contributed by atoms with E-state index in [0.29, 0.717) is 6.29 Å². The molecule has 0 aromatic heterocycles. The average molecular weight is 474 g/mol. The maximum atomic E-state index is 12.8. The number of Topliss-reactive ketones (excluding diaryl/α,β-unsaturated/α-hetero) is 1. The van der Waals surface area contributed by atoms with Crippen LogP contribution in [-0.2, 0) is 23.2 Å². The van der Waals surface area contributed by atoms with Crippen LogP contribution in [0.2, 0.25) is 36.3 Å². The first-order valence-corrected chi connectivity index (χ1v) is 16.9.